The number of aliphatic hydroxyl groups excluding tert-OH is 1. The van der Waals surface area contributed by atoms with E-state index in [1.54, 1.807) is 12.1 Å². The lowest BCUT2D eigenvalue weighted by Crippen LogP contribution is -2.46. The molecule has 1 atom stereocenters. The number of fused-ring (bicyclic) bond motifs is 2. The van der Waals surface area contributed by atoms with Crippen molar-refractivity contribution < 1.29 is 24.2 Å². The first-order valence-electron chi connectivity index (χ1n) is 13.7. The minimum absolute atomic E-state index is 0.0649. The molecule has 2 aliphatic rings. The molecule has 1 aromatic heterocycles. The summed E-state index contributed by atoms with van der Waals surface area (Å²) in [6.45, 7) is 4.66. The number of anilines is 1. The van der Waals surface area contributed by atoms with Gasteiger partial charge in [0.1, 0.15) is 24.2 Å². The van der Waals surface area contributed by atoms with Crippen LogP contribution in [0.3, 0.4) is 0 Å². The van der Waals surface area contributed by atoms with Crippen LogP contribution in [0.1, 0.15) is 61.0 Å². The summed E-state index contributed by atoms with van der Waals surface area (Å²) in [4.78, 5) is 28.1. The summed E-state index contributed by atoms with van der Waals surface area (Å²) in [5.41, 5.74) is 7.67. The Labute approximate surface area is 234 Å². The smallest absolute Gasteiger partial charge is 0.250 e. The predicted molar refractivity (Wildman–Crippen MR) is 152 cm³/mol. The number of pyridine rings is 1. The second-order valence-electron chi connectivity index (χ2n) is 11.3. The topological polar surface area (TPSA) is 136 Å². The Balaban J connectivity index is 1.12. The fourth-order valence-corrected chi connectivity index (χ4v) is 5.65. The number of ether oxygens (including phenoxy) is 2. The van der Waals surface area contributed by atoms with Gasteiger partial charge in [-0.05, 0) is 69.0 Å². The van der Waals surface area contributed by atoms with E-state index in [9.17, 15) is 14.7 Å². The highest BCUT2D eigenvalue weighted by molar-refractivity contribution is 6.07. The van der Waals surface area contributed by atoms with Gasteiger partial charge in [0.2, 0.25) is 17.7 Å². The van der Waals surface area contributed by atoms with Crippen LogP contribution in [0.25, 0.3) is 0 Å². The molecule has 5 N–H and O–H groups in total. The SMILES string of the molecule is CC(C)(Cc1ccc(Oc2ccc(C(N)=O)cn2)cc1)NC[C@H](O)COc1cccc2c1C1(CCCC1)C(=O)N2. The van der Waals surface area contributed by atoms with Gasteiger partial charge in [-0.2, -0.15) is 0 Å². The molecule has 3 aromatic rings. The Hall–Kier alpha value is -3.95. The van der Waals surface area contributed by atoms with Crippen LogP contribution in [-0.4, -0.2) is 46.7 Å². The summed E-state index contributed by atoms with van der Waals surface area (Å²) in [6, 6.07) is 16.6. The molecule has 2 aromatic carbocycles. The van der Waals surface area contributed by atoms with E-state index in [2.05, 4.69) is 29.5 Å². The first kappa shape index (κ1) is 27.6. The number of aromatic nitrogens is 1. The third-order valence-corrected chi connectivity index (χ3v) is 7.70. The zero-order valence-electron chi connectivity index (χ0n) is 22.9. The standard InChI is InChI=1S/C31H36N4O5/c1-30(2,16-20-8-11-23(12-9-20)40-26-13-10-21(17-33-26)28(32)37)34-18-22(36)19-39-25-7-5-6-24-27(25)31(29(38)35-24)14-3-4-15-31/h5-13,17,22,34,36H,3-4,14-16,18-19H2,1-2H3,(H2,32,37)(H,35,38)/t22-/m0/s1. The number of carbonyl (C=O) groups excluding carboxylic acids is 2. The number of nitrogens with two attached hydrogens (primary N) is 1. The second kappa shape index (κ2) is 11.3. The van der Waals surface area contributed by atoms with Gasteiger partial charge in [0.15, 0.2) is 0 Å². The molecular formula is C31H36N4O5. The maximum absolute atomic E-state index is 12.8. The highest BCUT2D eigenvalue weighted by Gasteiger charge is 2.50. The fraction of sp³-hybridized carbons (Fsp3) is 0.387. The van der Waals surface area contributed by atoms with Crippen molar-refractivity contribution >= 4 is 17.5 Å². The van der Waals surface area contributed by atoms with Crippen molar-refractivity contribution in [2.45, 2.75) is 63.0 Å². The molecule has 9 nitrogen and oxygen atoms in total. The predicted octanol–water partition coefficient (Wildman–Crippen LogP) is 4.09. The molecule has 0 saturated heterocycles. The van der Waals surface area contributed by atoms with E-state index in [4.69, 9.17) is 15.2 Å². The fourth-order valence-electron chi connectivity index (χ4n) is 5.65. The van der Waals surface area contributed by atoms with E-state index in [1.807, 2.05) is 42.5 Å². The van der Waals surface area contributed by atoms with E-state index in [0.717, 1.165) is 48.9 Å². The van der Waals surface area contributed by atoms with Gasteiger partial charge in [0.05, 0.1) is 11.0 Å². The Morgan fingerprint density at radius 1 is 1.15 bits per heavy atom. The van der Waals surface area contributed by atoms with E-state index in [0.29, 0.717) is 29.5 Å². The van der Waals surface area contributed by atoms with Crippen molar-refractivity contribution in [2.24, 2.45) is 5.73 Å². The Morgan fingerprint density at radius 2 is 1.90 bits per heavy atom. The number of carbonyl (C=O) groups is 2. The van der Waals surface area contributed by atoms with E-state index < -0.39 is 17.4 Å². The zero-order chi connectivity index (χ0) is 28.3. The quantitative estimate of drug-likeness (QED) is 0.286. The minimum atomic E-state index is -0.719. The number of rotatable bonds is 11. The molecule has 0 radical (unpaired) electrons. The Bertz CT molecular complexity index is 1370. The summed E-state index contributed by atoms with van der Waals surface area (Å²) >= 11 is 0. The number of hydrogen-bond donors (Lipinski definition) is 4. The van der Waals surface area contributed by atoms with Gasteiger partial charge in [0.25, 0.3) is 0 Å². The zero-order valence-corrected chi connectivity index (χ0v) is 22.9. The number of hydrogen-bond acceptors (Lipinski definition) is 7. The van der Waals surface area contributed by atoms with Crippen LogP contribution in [0.2, 0.25) is 0 Å². The first-order chi connectivity index (χ1) is 19.1. The van der Waals surface area contributed by atoms with Crippen LogP contribution in [0.5, 0.6) is 17.4 Å². The molecule has 210 valence electrons. The molecule has 1 fully saturated rings. The molecule has 9 heteroatoms. The number of β-amino-alcohol motifs (C(OH)–C–C–N with tert-alkyl or cyclic N) is 1. The largest absolute Gasteiger partial charge is 0.490 e. The van der Waals surface area contributed by atoms with Gasteiger partial charge < -0.3 is 30.9 Å². The second-order valence-corrected chi connectivity index (χ2v) is 11.3. The lowest BCUT2D eigenvalue weighted by molar-refractivity contribution is -0.120. The van der Waals surface area contributed by atoms with E-state index in [1.165, 1.54) is 6.20 Å². The molecule has 2 heterocycles. The van der Waals surface area contributed by atoms with Crippen molar-refractivity contribution in [3.05, 3.63) is 77.5 Å². The number of amides is 2. The highest BCUT2D eigenvalue weighted by Crippen LogP contribution is 2.52. The number of aliphatic hydroxyl groups is 1. The van der Waals surface area contributed by atoms with Crippen LogP contribution >= 0.6 is 0 Å². The van der Waals surface area contributed by atoms with Crippen molar-refractivity contribution in [3.8, 4) is 17.4 Å². The number of nitrogens with one attached hydrogen (secondary N) is 2. The Morgan fingerprint density at radius 3 is 2.58 bits per heavy atom. The first-order valence-corrected chi connectivity index (χ1v) is 13.7. The van der Waals surface area contributed by atoms with Crippen LogP contribution in [0, 0.1) is 0 Å². The number of nitrogens with zero attached hydrogens (tertiary/aromatic N) is 1. The van der Waals surface area contributed by atoms with Gasteiger partial charge in [-0.25, -0.2) is 4.98 Å². The minimum Gasteiger partial charge on any atom is -0.490 e. The molecule has 0 unspecified atom stereocenters. The van der Waals surface area contributed by atoms with Crippen LogP contribution in [0.4, 0.5) is 5.69 Å². The summed E-state index contributed by atoms with van der Waals surface area (Å²) in [5, 5.41) is 17.2. The maximum Gasteiger partial charge on any atom is 0.250 e. The van der Waals surface area contributed by atoms with Gasteiger partial charge in [-0.3, -0.25) is 9.59 Å². The monoisotopic (exact) mass is 544 g/mol. The van der Waals surface area contributed by atoms with Crippen molar-refractivity contribution in [1.82, 2.24) is 10.3 Å². The average Bonchev–Trinajstić information content (AvgIpc) is 3.53. The van der Waals surface area contributed by atoms with Crippen LogP contribution in [0.15, 0.2) is 60.8 Å². The molecule has 1 aliphatic carbocycles. The molecule has 40 heavy (non-hydrogen) atoms. The van der Waals surface area contributed by atoms with Crippen molar-refractivity contribution in [3.63, 3.8) is 0 Å². The molecule has 1 spiro atoms. The number of primary amides is 1. The lowest BCUT2D eigenvalue weighted by atomic mass is 9.79. The Kier molecular flexibility index (Phi) is 7.78. The van der Waals surface area contributed by atoms with Gasteiger partial charge in [-0.15, -0.1) is 0 Å². The molecular weight excluding hydrogens is 508 g/mol. The average molecular weight is 545 g/mol. The summed E-state index contributed by atoms with van der Waals surface area (Å²) in [6.07, 6.45) is 5.12. The normalized spacial score (nSPS) is 16.4. The third-order valence-electron chi connectivity index (χ3n) is 7.70. The summed E-state index contributed by atoms with van der Waals surface area (Å²) in [5.74, 6) is 1.21. The molecule has 0 bridgehead atoms. The maximum atomic E-state index is 12.8. The summed E-state index contributed by atoms with van der Waals surface area (Å²) in [7, 11) is 0. The van der Waals surface area contributed by atoms with E-state index in [-0.39, 0.29) is 18.1 Å². The van der Waals surface area contributed by atoms with Crippen LogP contribution < -0.4 is 25.8 Å². The summed E-state index contributed by atoms with van der Waals surface area (Å²) < 4.78 is 11.8. The third kappa shape index (κ3) is 5.95. The lowest BCUT2D eigenvalue weighted by Gasteiger charge is -2.28. The van der Waals surface area contributed by atoms with Crippen LogP contribution in [-0.2, 0) is 16.6 Å². The molecule has 1 saturated carbocycles. The molecule has 5 rings (SSSR count). The van der Waals surface area contributed by atoms with Gasteiger partial charge in [-0.1, -0.05) is 31.0 Å². The van der Waals surface area contributed by atoms with Crippen molar-refractivity contribution in [2.75, 3.05) is 18.5 Å². The van der Waals surface area contributed by atoms with Crippen molar-refractivity contribution in [1.29, 1.82) is 0 Å². The van der Waals surface area contributed by atoms with Gasteiger partial charge in [0, 0.05) is 35.6 Å². The number of benzene rings is 2. The molecule has 2 amide bonds. The van der Waals surface area contributed by atoms with E-state index >= 15 is 0 Å². The molecule has 1 aliphatic heterocycles. The highest BCUT2D eigenvalue weighted by atomic mass is 16.5. The van der Waals surface area contributed by atoms with Gasteiger partial charge >= 0.3 is 0 Å².